The molecule has 0 radical (unpaired) electrons. The third-order valence-corrected chi connectivity index (χ3v) is 1.79. The number of nitrogens with one attached hydrogen (secondary N) is 1. The molecule has 0 aromatic heterocycles. The van der Waals surface area contributed by atoms with Crippen LogP contribution >= 0.6 is 0 Å². The molecule has 1 aromatic carbocycles. The van der Waals surface area contributed by atoms with E-state index in [1.807, 2.05) is 0 Å². The Balaban J connectivity index is 2.80. The van der Waals surface area contributed by atoms with Crippen LogP contribution in [0.2, 0.25) is 0 Å². The molecule has 1 aromatic rings. The number of carbonyl (C=O) groups is 1. The highest BCUT2D eigenvalue weighted by molar-refractivity contribution is 5.82. The summed E-state index contributed by atoms with van der Waals surface area (Å²) in [7, 11) is 0. The van der Waals surface area contributed by atoms with E-state index in [2.05, 4.69) is 0 Å². The molecule has 1 N–H and O–H groups in total. The fourth-order valence-electron chi connectivity index (χ4n) is 1.05. The number of hydrogen-bond acceptors (Lipinski definition) is 2. The fourth-order valence-corrected chi connectivity index (χ4v) is 1.05. The summed E-state index contributed by atoms with van der Waals surface area (Å²) in [6, 6.07) is 8.01. The molecule has 0 bridgehead atoms. The number of carbonyl (C=O) groups excluding carboxylic acids is 1. The topological polar surface area (TPSA) is 52.9 Å². The number of halogens is 3. The molecular weight excluding hydrogens is 221 g/mol. The van der Waals surface area contributed by atoms with Crippen molar-refractivity contribution < 1.29 is 18.0 Å². The van der Waals surface area contributed by atoms with Gasteiger partial charge in [-0.3, -0.25) is 4.79 Å². The first-order chi connectivity index (χ1) is 7.45. The minimum atomic E-state index is -4.98. The van der Waals surface area contributed by atoms with Gasteiger partial charge < -0.3 is 5.32 Å². The second-order valence-corrected chi connectivity index (χ2v) is 2.94. The Labute approximate surface area is 89.5 Å². The van der Waals surface area contributed by atoms with Crippen molar-refractivity contribution in [2.45, 2.75) is 12.2 Å². The zero-order valence-electron chi connectivity index (χ0n) is 7.95. The third kappa shape index (κ3) is 2.98. The van der Waals surface area contributed by atoms with E-state index >= 15 is 0 Å². The SMILES string of the molecule is N#C[C@H](NC(=O)C(F)(F)F)c1ccccc1. The summed E-state index contributed by atoms with van der Waals surface area (Å²) >= 11 is 0. The Bertz CT molecular complexity index is 408. The van der Waals surface area contributed by atoms with Gasteiger partial charge in [-0.1, -0.05) is 30.3 Å². The van der Waals surface area contributed by atoms with Gasteiger partial charge in [-0.15, -0.1) is 0 Å². The Kier molecular flexibility index (Phi) is 3.51. The highest BCUT2D eigenvalue weighted by Crippen LogP contribution is 2.18. The quantitative estimate of drug-likeness (QED) is 0.840. The predicted octanol–water partition coefficient (Wildman–Crippen LogP) is 1.93. The largest absolute Gasteiger partial charge is 0.471 e. The molecule has 1 amide bonds. The fraction of sp³-hybridized carbons (Fsp3) is 0.200. The summed E-state index contributed by atoms with van der Waals surface area (Å²) in [4.78, 5) is 10.6. The maximum Gasteiger partial charge on any atom is 0.471 e. The Morgan fingerprint density at radius 3 is 2.31 bits per heavy atom. The number of amides is 1. The second-order valence-electron chi connectivity index (χ2n) is 2.94. The van der Waals surface area contributed by atoms with Crippen molar-refractivity contribution >= 4 is 5.91 Å². The van der Waals surface area contributed by atoms with Crippen molar-refractivity contribution in [1.82, 2.24) is 5.32 Å². The van der Waals surface area contributed by atoms with Gasteiger partial charge in [-0.2, -0.15) is 18.4 Å². The number of benzene rings is 1. The second kappa shape index (κ2) is 4.66. The van der Waals surface area contributed by atoms with Crippen LogP contribution in [-0.2, 0) is 4.79 Å². The van der Waals surface area contributed by atoms with Crippen molar-refractivity contribution in [2.24, 2.45) is 0 Å². The van der Waals surface area contributed by atoms with Crippen LogP contribution in [0.3, 0.4) is 0 Å². The highest BCUT2D eigenvalue weighted by atomic mass is 19.4. The first-order valence-electron chi connectivity index (χ1n) is 4.27. The Morgan fingerprint density at radius 1 is 1.31 bits per heavy atom. The number of hydrogen-bond donors (Lipinski definition) is 1. The van der Waals surface area contributed by atoms with Gasteiger partial charge in [-0.05, 0) is 5.56 Å². The molecule has 6 heteroatoms. The smallest absolute Gasteiger partial charge is 0.329 e. The lowest BCUT2D eigenvalue weighted by molar-refractivity contribution is -0.174. The van der Waals surface area contributed by atoms with Gasteiger partial charge >= 0.3 is 12.1 Å². The summed E-state index contributed by atoms with van der Waals surface area (Å²) < 4.78 is 35.8. The molecule has 84 valence electrons. The summed E-state index contributed by atoms with van der Waals surface area (Å²) in [5, 5.41) is 10.3. The summed E-state index contributed by atoms with van der Waals surface area (Å²) in [6.45, 7) is 0. The van der Waals surface area contributed by atoms with Crippen LogP contribution in [0.5, 0.6) is 0 Å². The summed E-state index contributed by atoms with van der Waals surface area (Å²) in [6.07, 6.45) is -4.98. The van der Waals surface area contributed by atoms with E-state index < -0.39 is 18.1 Å². The van der Waals surface area contributed by atoms with Crippen LogP contribution in [0.25, 0.3) is 0 Å². The average molecular weight is 228 g/mol. The molecule has 16 heavy (non-hydrogen) atoms. The average Bonchev–Trinajstić information content (AvgIpc) is 2.25. The molecule has 0 fully saturated rings. The van der Waals surface area contributed by atoms with Crippen LogP contribution in [0.15, 0.2) is 30.3 Å². The van der Waals surface area contributed by atoms with Crippen LogP contribution in [0, 0.1) is 11.3 Å². The molecular formula is C10H7F3N2O. The van der Waals surface area contributed by atoms with E-state index in [1.165, 1.54) is 12.1 Å². The van der Waals surface area contributed by atoms with E-state index in [0.29, 0.717) is 5.56 Å². The van der Waals surface area contributed by atoms with Gasteiger partial charge in [0.05, 0.1) is 6.07 Å². The van der Waals surface area contributed by atoms with Crippen molar-refractivity contribution in [3.8, 4) is 6.07 Å². The summed E-state index contributed by atoms with van der Waals surface area (Å²) in [5.41, 5.74) is 0.308. The molecule has 0 unspecified atom stereocenters. The van der Waals surface area contributed by atoms with Gasteiger partial charge in [-0.25, -0.2) is 0 Å². The van der Waals surface area contributed by atoms with Gasteiger partial charge in [0, 0.05) is 0 Å². The van der Waals surface area contributed by atoms with Crippen LogP contribution in [0.1, 0.15) is 11.6 Å². The zero-order chi connectivity index (χ0) is 12.2. The van der Waals surface area contributed by atoms with Crippen LogP contribution < -0.4 is 5.32 Å². The molecule has 0 aliphatic carbocycles. The first-order valence-corrected chi connectivity index (χ1v) is 4.27. The van der Waals surface area contributed by atoms with E-state index in [0.717, 1.165) is 0 Å². The highest BCUT2D eigenvalue weighted by Gasteiger charge is 2.39. The van der Waals surface area contributed by atoms with Crippen molar-refractivity contribution in [3.63, 3.8) is 0 Å². The number of rotatable bonds is 2. The molecule has 0 aliphatic heterocycles. The normalized spacial score (nSPS) is 12.6. The lowest BCUT2D eigenvalue weighted by atomic mass is 10.1. The summed E-state index contributed by atoms with van der Waals surface area (Å²) in [5.74, 6) is -2.12. The van der Waals surface area contributed by atoms with E-state index in [1.54, 1.807) is 29.6 Å². The molecule has 1 atom stereocenters. The Morgan fingerprint density at radius 2 is 1.88 bits per heavy atom. The molecule has 3 nitrogen and oxygen atoms in total. The standard InChI is InChI=1S/C10H7F3N2O/c11-10(12,13)9(16)15-8(6-14)7-4-2-1-3-5-7/h1-5,8H,(H,15,16)/t8-/m0/s1. The van der Waals surface area contributed by atoms with Crippen molar-refractivity contribution in [2.75, 3.05) is 0 Å². The number of nitrogens with zero attached hydrogens (tertiary/aromatic N) is 1. The first kappa shape index (κ1) is 12.0. The molecule has 0 spiro atoms. The number of alkyl halides is 3. The van der Waals surface area contributed by atoms with Crippen LogP contribution in [0.4, 0.5) is 13.2 Å². The zero-order valence-corrected chi connectivity index (χ0v) is 7.95. The van der Waals surface area contributed by atoms with Crippen molar-refractivity contribution in [3.05, 3.63) is 35.9 Å². The predicted molar refractivity (Wildman–Crippen MR) is 49.0 cm³/mol. The molecule has 0 aliphatic rings. The van der Waals surface area contributed by atoms with Gasteiger partial charge in [0.2, 0.25) is 0 Å². The van der Waals surface area contributed by atoms with E-state index in [9.17, 15) is 18.0 Å². The van der Waals surface area contributed by atoms with E-state index in [4.69, 9.17) is 5.26 Å². The lowest BCUT2D eigenvalue weighted by Crippen LogP contribution is -2.38. The minimum Gasteiger partial charge on any atom is -0.329 e. The van der Waals surface area contributed by atoms with Gasteiger partial charge in [0.15, 0.2) is 0 Å². The van der Waals surface area contributed by atoms with Gasteiger partial charge in [0.1, 0.15) is 6.04 Å². The Hall–Kier alpha value is -2.03. The molecule has 0 saturated heterocycles. The molecule has 0 heterocycles. The monoisotopic (exact) mass is 228 g/mol. The third-order valence-electron chi connectivity index (χ3n) is 1.79. The van der Waals surface area contributed by atoms with Gasteiger partial charge in [0.25, 0.3) is 0 Å². The van der Waals surface area contributed by atoms with Crippen molar-refractivity contribution in [1.29, 1.82) is 5.26 Å². The van der Waals surface area contributed by atoms with Crippen LogP contribution in [-0.4, -0.2) is 12.1 Å². The molecule has 0 saturated carbocycles. The van der Waals surface area contributed by atoms with E-state index in [-0.39, 0.29) is 0 Å². The maximum atomic E-state index is 11.9. The lowest BCUT2D eigenvalue weighted by Gasteiger charge is -2.13. The minimum absolute atomic E-state index is 0.308. The number of nitriles is 1. The molecule has 1 rings (SSSR count). The maximum absolute atomic E-state index is 11.9.